The van der Waals surface area contributed by atoms with Crippen LogP contribution in [0.25, 0.3) is 0 Å². The van der Waals surface area contributed by atoms with Gasteiger partial charge in [0.05, 0.1) is 0 Å². The Balaban J connectivity index is 2.94. The lowest BCUT2D eigenvalue weighted by molar-refractivity contribution is -0.140. The van der Waals surface area contributed by atoms with Gasteiger partial charge in [0.15, 0.2) is 0 Å². The lowest BCUT2D eigenvalue weighted by Crippen LogP contribution is -2.44. The zero-order valence-corrected chi connectivity index (χ0v) is 9.93. The number of aliphatic carboxylic acids is 1. The number of pyridine rings is 1. The molecule has 0 bridgehead atoms. The third-order valence-electron chi connectivity index (χ3n) is 2.29. The molecule has 1 atom stereocenters. The molecule has 0 radical (unpaired) electrons. The van der Waals surface area contributed by atoms with E-state index in [1.807, 2.05) is 0 Å². The summed E-state index contributed by atoms with van der Waals surface area (Å²) in [6.07, 6.45) is 0. The minimum absolute atomic E-state index is 0.188. The lowest BCUT2D eigenvalue weighted by Gasteiger charge is -2.17. The average Bonchev–Trinajstić information content (AvgIpc) is 2.23. The Morgan fingerprint density at radius 2 is 1.94 bits per heavy atom. The molecule has 7 heteroatoms. The molecule has 1 heterocycles. The number of rotatable bonds is 4. The number of aromatic nitrogens is 1. The van der Waals surface area contributed by atoms with Crippen LogP contribution in [0.3, 0.4) is 0 Å². The second-order valence-electron chi connectivity index (χ2n) is 4.15. The fraction of sp³-hybridized carbons (Fsp3) is 0.364. The number of aromatic amines is 1. The molecule has 1 aromatic rings. The topological polar surface area (TPSA) is 119 Å². The molecule has 0 fully saturated rings. The van der Waals surface area contributed by atoms with Gasteiger partial charge in [0.25, 0.3) is 11.5 Å². The van der Waals surface area contributed by atoms with Gasteiger partial charge < -0.3 is 20.5 Å². The Hall–Kier alpha value is -2.31. The number of carboxylic acids is 1. The summed E-state index contributed by atoms with van der Waals surface area (Å²) < 4.78 is 0. The maximum absolute atomic E-state index is 11.7. The zero-order chi connectivity index (χ0) is 13.9. The first kappa shape index (κ1) is 13.8. The molecule has 1 amide bonds. The molecule has 18 heavy (non-hydrogen) atoms. The first-order valence-corrected chi connectivity index (χ1v) is 5.28. The summed E-state index contributed by atoms with van der Waals surface area (Å²) in [7, 11) is 0. The predicted octanol–water partition coefficient (Wildman–Crippen LogP) is -0.0805. The molecule has 0 aliphatic rings. The van der Waals surface area contributed by atoms with Crippen molar-refractivity contribution < 1.29 is 19.8 Å². The molecule has 1 rings (SSSR count). The van der Waals surface area contributed by atoms with Crippen LogP contribution in [0, 0.1) is 5.92 Å². The smallest absolute Gasteiger partial charge is 0.326 e. The maximum atomic E-state index is 11.7. The summed E-state index contributed by atoms with van der Waals surface area (Å²) in [5.41, 5.74) is -0.830. The van der Waals surface area contributed by atoms with Gasteiger partial charge >= 0.3 is 5.97 Å². The van der Waals surface area contributed by atoms with E-state index in [1.165, 1.54) is 0 Å². The molecular weight excluding hydrogens is 240 g/mol. The second-order valence-corrected chi connectivity index (χ2v) is 4.15. The van der Waals surface area contributed by atoms with Crippen molar-refractivity contribution in [2.24, 2.45) is 5.92 Å². The molecule has 4 N–H and O–H groups in total. The van der Waals surface area contributed by atoms with E-state index in [0.29, 0.717) is 0 Å². The monoisotopic (exact) mass is 254 g/mol. The highest BCUT2D eigenvalue weighted by Crippen LogP contribution is 2.07. The van der Waals surface area contributed by atoms with Gasteiger partial charge in [-0.1, -0.05) is 13.8 Å². The maximum Gasteiger partial charge on any atom is 0.326 e. The van der Waals surface area contributed by atoms with Crippen molar-refractivity contribution in [3.8, 4) is 5.75 Å². The molecule has 1 aromatic heterocycles. The summed E-state index contributed by atoms with van der Waals surface area (Å²) in [6, 6.07) is 0.896. The van der Waals surface area contributed by atoms with Crippen LogP contribution in [0.15, 0.2) is 16.9 Å². The number of amides is 1. The van der Waals surface area contributed by atoms with Crippen LogP contribution < -0.4 is 10.9 Å². The summed E-state index contributed by atoms with van der Waals surface area (Å²) in [6.45, 7) is 3.29. The molecule has 0 unspecified atom stereocenters. The van der Waals surface area contributed by atoms with Gasteiger partial charge in [-0.3, -0.25) is 9.59 Å². The van der Waals surface area contributed by atoms with Crippen LogP contribution in [-0.2, 0) is 4.79 Å². The van der Waals surface area contributed by atoms with Gasteiger partial charge in [-0.05, 0) is 5.92 Å². The summed E-state index contributed by atoms with van der Waals surface area (Å²) in [5, 5.41) is 20.4. The first-order valence-electron chi connectivity index (χ1n) is 5.28. The molecule has 0 spiro atoms. The van der Waals surface area contributed by atoms with Crippen molar-refractivity contribution in [2.45, 2.75) is 19.9 Å². The van der Waals surface area contributed by atoms with Crippen molar-refractivity contribution in [2.75, 3.05) is 0 Å². The van der Waals surface area contributed by atoms with E-state index in [-0.39, 0.29) is 17.4 Å². The van der Waals surface area contributed by atoms with Gasteiger partial charge in [-0.15, -0.1) is 0 Å². The summed E-state index contributed by atoms with van der Waals surface area (Å²) >= 11 is 0. The van der Waals surface area contributed by atoms with Crippen LogP contribution in [0.5, 0.6) is 5.75 Å². The molecule has 0 saturated heterocycles. The number of hydrogen-bond acceptors (Lipinski definition) is 4. The third-order valence-corrected chi connectivity index (χ3v) is 2.29. The van der Waals surface area contributed by atoms with Crippen LogP contribution in [-0.4, -0.2) is 33.1 Å². The predicted molar refractivity (Wildman–Crippen MR) is 62.5 cm³/mol. The van der Waals surface area contributed by atoms with E-state index < -0.39 is 23.5 Å². The SMILES string of the molecule is CC(C)[C@@H](NC(=O)c1cc(O)cc(=O)[nH]1)C(=O)O. The largest absolute Gasteiger partial charge is 0.508 e. The Bertz CT molecular complexity index is 520. The Morgan fingerprint density at radius 1 is 1.33 bits per heavy atom. The van der Waals surface area contributed by atoms with Crippen molar-refractivity contribution in [1.29, 1.82) is 0 Å². The van der Waals surface area contributed by atoms with Gasteiger partial charge in [-0.2, -0.15) is 0 Å². The molecule has 0 aliphatic carbocycles. The Kier molecular flexibility index (Phi) is 4.09. The van der Waals surface area contributed by atoms with Gasteiger partial charge in [-0.25, -0.2) is 4.79 Å². The molecule has 0 aliphatic heterocycles. The van der Waals surface area contributed by atoms with Crippen molar-refractivity contribution in [3.05, 3.63) is 28.2 Å². The van der Waals surface area contributed by atoms with Crippen molar-refractivity contribution in [3.63, 3.8) is 0 Å². The quantitative estimate of drug-likeness (QED) is 0.599. The number of carbonyl (C=O) groups is 2. The second kappa shape index (κ2) is 5.35. The number of H-pyrrole nitrogens is 1. The number of nitrogens with one attached hydrogen (secondary N) is 2. The number of carbonyl (C=O) groups excluding carboxylic acids is 1. The average molecular weight is 254 g/mol. The van der Waals surface area contributed by atoms with E-state index in [2.05, 4.69) is 10.3 Å². The van der Waals surface area contributed by atoms with Crippen LogP contribution in [0.4, 0.5) is 0 Å². The van der Waals surface area contributed by atoms with Gasteiger partial charge in [0, 0.05) is 12.1 Å². The molecular formula is C11H14N2O5. The highest BCUT2D eigenvalue weighted by Gasteiger charge is 2.24. The Labute approximate surface area is 102 Å². The molecule has 7 nitrogen and oxygen atoms in total. The fourth-order valence-corrected chi connectivity index (χ4v) is 1.38. The standard InChI is InChI=1S/C11H14N2O5/c1-5(2)9(11(17)18)13-10(16)7-3-6(14)4-8(15)12-7/h3-5,9H,1-2H3,(H,13,16)(H,17,18)(H2,12,14,15)/t9-/m1/s1. The molecule has 98 valence electrons. The number of aromatic hydroxyl groups is 1. The first-order chi connectivity index (χ1) is 8.31. The normalized spacial score (nSPS) is 12.2. The van der Waals surface area contributed by atoms with Crippen LogP contribution >= 0.6 is 0 Å². The van der Waals surface area contributed by atoms with E-state index in [1.54, 1.807) is 13.8 Å². The van der Waals surface area contributed by atoms with Crippen LogP contribution in [0.1, 0.15) is 24.3 Å². The number of hydrogen-bond donors (Lipinski definition) is 4. The highest BCUT2D eigenvalue weighted by atomic mass is 16.4. The Morgan fingerprint density at radius 3 is 2.39 bits per heavy atom. The van der Waals surface area contributed by atoms with Crippen molar-refractivity contribution >= 4 is 11.9 Å². The third kappa shape index (κ3) is 3.34. The van der Waals surface area contributed by atoms with E-state index in [0.717, 1.165) is 12.1 Å². The van der Waals surface area contributed by atoms with E-state index in [9.17, 15) is 19.5 Å². The van der Waals surface area contributed by atoms with Crippen LogP contribution in [0.2, 0.25) is 0 Å². The lowest BCUT2D eigenvalue weighted by atomic mass is 10.0. The van der Waals surface area contributed by atoms with Gasteiger partial charge in [0.1, 0.15) is 17.5 Å². The minimum Gasteiger partial charge on any atom is -0.508 e. The van der Waals surface area contributed by atoms with Crippen molar-refractivity contribution in [1.82, 2.24) is 10.3 Å². The zero-order valence-electron chi connectivity index (χ0n) is 9.93. The van der Waals surface area contributed by atoms with E-state index in [4.69, 9.17) is 5.11 Å². The van der Waals surface area contributed by atoms with Gasteiger partial charge in [0.2, 0.25) is 0 Å². The minimum atomic E-state index is -1.17. The number of carboxylic acid groups (broad SMARTS) is 1. The fourth-order valence-electron chi connectivity index (χ4n) is 1.38. The van der Waals surface area contributed by atoms with E-state index >= 15 is 0 Å². The molecule has 0 saturated carbocycles. The molecule has 0 aromatic carbocycles. The summed E-state index contributed by atoms with van der Waals surface area (Å²) in [5.74, 6) is -2.60. The highest BCUT2D eigenvalue weighted by molar-refractivity contribution is 5.95. The summed E-state index contributed by atoms with van der Waals surface area (Å²) in [4.78, 5) is 35.9.